The van der Waals surface area contributed by atoms with Gasteiger partial charge in [0.1, 0.15) is 0 Å². The molecule has 0 aliphatic carbocycles. The summed E-state index contributed by atoms with van der Waals surface area (Å²) in [5, 5.41) is 8.88. The molecule has 0 bridgehead atoms. The van der Waals surface area contributed by atoms with E-state index >= 15 is 0 Å². The minimum absolute atomic E-state index is 0.864. The Labute approximate surface area is 112 Å². The molecule has 4 heteroatoms. The topological polar surface area (TPSA) is 37.0 Å². The quantitative estimate of drug-likeness (QED) is 0.828. The van der Waals surface area contributed by atoms with Crippen LogP contribution in [0.4, 0.5) is 11.4 Å². The van der Waals surface area contributed by atoms with E-state index in [2.05, 4.69) is 47.0 Å². The van der Waals surface area contributed by atoms with Crippen molar-refractivity contribution in [1.82, 2.24) is 4.98 Å². The summed E-state index contributed by atoms with van der Waals surface area (Å²) in [5.41, 5.74) is 3.48. The number of hydrogen-bond acceptors (Lipinski definition) is 4. The lowest BCUT2D eigenvalue weighted by Gasteiger charge is -2.08. The van der Waals surface area contributed by atoms with Gasteiger partial charge < -0.3 is 10.6 Å². The van der Waals surface area contributed by atoms with Gasteiger partial charge in [-0.15, -0.1) is 11.3 Å². The van der Waals surface area contributed by atoms with Crippen molar-refractivity contribution in [2.45, 2.75) is 26.8 Å². The molecule has 2 aromatic heterocycles. The van der Waals surface area contributed by atoms with Gasteiger partial charge in [-0.1, -0.05) is 6.92 Å². The van der Waals surface area contributed by atoms with Crippen LogP contribution in [0.5, 0.6) is 0 Å². The van der Waals surface area contributed by atoms with Crippen molar-refractivity contribution < 1.29 is 0 Å². The van der Waals surface area contributed by atoms with E-state index in [1.807, 2.05) is 12.4 Å². The first kappa shape index (κ1) is 12.9. The first-order chi connectivity index (χ1) is 8.79. The zero-order chi connectivity index (χ0) is 12.8. The van der Waals surface area contributed by atoms with E-state index in [4.69, 9.17) is 0 Å². The van der Waals surface area contributed by atoms with Crippen LogP contribution in [0.3, 0.4) is 0 Å². The molecule has 0 fully saturated rings. The first-order valence-electron chi connectivity index (χ1n) is 6.25. The summed E-state index contributed by atoms with van der Waals surface area (Å²) in [4.78, 5) is 5.62. The fourth-order valence-electron chi connectivity index (χ4n) is 1.67. The van der Waals surface area contributed by atoms with Crippen molar-refractivity contribution in [2.75, 3.05) is 17.2 Å². The SMILES string of the molecule is CCCNc1cncc(NCc2sccc2C)c1. The fourth-order valence-corrected chi connectivity index (χ4v) is 2.52. The minimum atomic E-state index is 0.864. The minimum Gasteiger partial charge on any atom is -0.384 e. The molecule has 2 N–H and O–H groups in total. The second-order valence-electron chi connectivity index (χ2n) is 4.27. The molecule has 0 unspecified atom stereocenters. The molecule has 2 rings (SSSR count). The van der Waals surface area contributed by atoms with Gasteiger partial charge in [-0.25, -0.2) is 0 Å². The van der Waals surface area contributed by atoms with Crippen molar-refractivity contribution >= 4 is 22.7 Å². The van der Waals surface area contributed by atoms with Crippen molar-refractivity contribution in [2.24, 2.45) is 0 Å². The number of nitrogens with zero attached hydrogens (tertiary/aromatic N) is 1. The van der Waals surface area contributed by atoms with E-state index in [0.29, 0.717) is 0 Å². The molecule has 3 nitrogen and oxygen atoms in total. The van der Waals surface area contributed by atoms with Gasteiger partial charge in [-0.2, -0.15) is 0 Å². The maximum atomic E-state index is 4.24. The summed E-state index contributed by atoms with van der Waals surface area (Å²) in [5.74, 6) is 0. The van der Waals surface area contributed by atoms with E-state index in [1.165, 1.54) is 10.4 Å². The molecule has 0 aliphatic rings. The van der Waals surface area contributed by atoms with E-state index in [0.717, 1.165) is 30.9 Å². The molecule has 0 spiro atoms. The number of anilines is 2. The highest BCUT2D eigenvalue weighted by atomic mass is 32.1. The molecule has 0 aliphatic heterocycles. The standard InChI is InChI=1S/C14H19N3S/c1-3-5-16-12-7-13(9-15-8-12)17-10-14-11(2)4-6-18-14/h4,6-9,16-17H,3,5,10H2,1-2H3. The van der Waals surface area contributed by atoms with Crippen molar-refractivity contribution in [3.63, 3.8) is 0 Å². The Hall–Kier alpha value is -1.55. The Morgan fingerprint density at radius 3 is 2.67 bits per heavy atom. The number of pyridine rings is 1. The molecule has 96 valence electrons. The fraction of sp³-hybridized carbons (Fsp3) is 0.357. The van der Waals surface area contributed by atoms with Gasteiger partial charge in [0.25, 0.3) is 0 Å². The molecular weight excluding hydrogens is 242 g/mol. The average Bonchev–Trinajstić information content (AvgIpc) is 2.80. The van der Waals surface area contributed by atoms with E-state index in [9.17, 15) is 0 Å². The normalized spacial score (nSPS) is 10.3. The third-order valence-corrected chi connectivity index (χ3v) is 3.76. The number of nitrogens with one attached hydrogen (secondary N) is 2. The lowest BCUT2D eigenvalue weighted by atomic mass is 10.3. The molecule has 0 saturated heterocycles. The van der Waals surface area contributed by atoms with Crippen LogP contribution in [0.25, 0.3) is 0 Å². The van der Waals surface area contributed by atoms with Gasteiger partial charge in [-0.05, 0) is 36.4 Å². The van der Waals surface area contributed by atoms with Crippen LogP contribution in [0.15, 0.2) is 29.9 Å². The molecule has 2 heterocycles. The maximum absolute atomic E-state index is 4.24. The predicted octanol–water partition coefficient (Wildman–Crippen LogP) is 3.89. The predicted molar refractivity (Wildman–Crippen MR) is 79.4 cm³/mol. The molecule has 0 saturated carbocycles. The molecule has 0 amide bonds. The summed E-state index contributed by atoms with van der Waals surface area (Å²) in [6.07, 6.45) is 4.84. The molecule has 0 radical (unpaired) electrons. The first-order valence-corrected chi connectivity index (χ1v) is 7.13. The molecule has 2 aromatic rings. The highest BCUT2D eigenvalue weighted by molar-refractivity contribution is 7.10. The third kappa shape index (κ3) is 3.47. The van der Waals surface area contributed by atoms with Gasteiger partial charge in [0.05, 0.1) is 23.8 Å². The second-order valence-corrected chi connectivity index (χ2v) is 5.27. The number of rotatable bonds is 6. The van der Waals surface area contributed by atoms with Crippen LogP contribution < -0.4 is 10.6 Å². The van der Waals surface area contributed by atoms with Crippen molar-refractivity contribution in [1.29, 1.82) is 0 Å². The van der Waals surface area contributed by atoms with Gasteiger partial charge in [0, 0.05) is 18.0 Å². The van der Waals surface area contributed by atoms with E-state index in [-0.39, 0.29) is 0 Å². The van der Waals surface area contributed by atoms with Crippen LogP contribution in [-0.2, 0) is 6.54 Å². The van der Waals surface area contributed by atoms with Crippen LogP contribution >= 0.6 is 11.3 Å². The Kier molecular flexibility index (Phi) is 4.59. The second kappa shape index (κ2) is 6.40. The number of thiophene rings is 1. The summed E-state index contributed by atoms with van der Waals surface area (Å²) >= 11 is 1.79. The largest absolute Gasteiger partial charge is 0.384 e. The molecule has 18 heavy (non-hydrogen) atoms. The highest BCUT2D eigenvalue weighted by Crippen LogP contribution is 2.18. The lowest BCUT2D eigenvalue weighted by molar-refractivity contribution is 0.977. The monoisotopic (exact) mass is 261 g/mol. The number of hydrogen-bond donors (Lipinski definition) is 2. The Balaban J connectivity index is 1.95. The van der Waals surface area contributed by atoms with Crippen LogP contribution in [0, 0.1) is 6.92 Å². The maximum Gasteiger partial charge on any atom is 0.0550 e. The summed E-state index contributed by atoms with van der Waals surface area (Å²) in [6, 6.07) is 4.25. The Morgan fingerprint density at radius 1 is 1.22 bits per heavy atom. The molecule has 0 atom stereocenters. The van der Waals surface area contributed by atoms with Gasteiger partial charge in [0.15, 0.2) is 0 Å². The zero-order valence-corrected chi connectivity index (χ0v) is 11.7. The number of aryl methyl sites for hydroxylation is 1. The van der Waals surface area contributed by atoms with Crippen LogP contribution in [0.1, 0.15) is 23.8 Å². The van der Waals surface area contributed by atoms with E-state index in [1.54, 1.807) is 11.3 Å². The number of aromatic nitrogens is 1. The summed E-state index contributed by atoms with van der Waals surface area (Å²) < 4.78 is 0. The summed E-state index contributed by atoms with van der Waals surface area (Å²) in [7, 11) is 0. The van der Waals surface area contributed by atoms with Crippen LogP contribution in [0.2, 0.25) is 0 Å². The zero-order valence-electron chi connectivity index (χ0n) is 10.9. The molecule has 0 aromatic carbocycles. The Bertz CT molecular complexity index is 493. The van der Waals surface area contributed by atoms with Gasteiger partial charge in [0.2, 0.25) is 0 Å². The van der Waals surface area contributed by atoms with Gasteiger partial charge in [-0.3, -0.25) is 4.98 Å². The van der Waals surface area contributed by atoms with Crippen molar-refractivity contribution in [3.05, 3.63) is 40.3 Å². The van der Waals surface area contributed by atoms with E-state index < -0.39 is 0 Å². The Morgan fingerprint density at radius 2 is 2.00 bits per heavy atom. The average molecular weight is 261 g/mol. The van der Waals surface area contributed by atoms with Crippen molar-refractivity contribution in [3.8, 4) is 0 Å². The van der Waals surface area contributed by atoms with Crippen LogP contribution in [-0.4, -0.2) is 11.5 Å². The van der Waals surface area contributed by atoms with Gasteiger partial charge >= 0.3 is 0 Å². The summed E-state index contributed by atoms with van der Waals surface area (Å²) in [6.45, 7) is 6.14. The lowest BCUT2D eigenvalue weighted by Crippen LogP contribution is -2.03. The molecular formula is C14H19N3S. The highest BCUT2D eigenvalue weighted by Gasteiger charge is 2.00. The smallest absolute Gasteiger partial charge is 0.0550 e. The third-order valence-electron chi connectivity index (χ3n) is 2.74.